The van der Waals surface area contributed by atoms with E-state index in [1.807, 2.05) is 6.07 Å². The molecular weight excluding hydrogens is 340 g/mol. The first-order valence-corrected chi connectivity index (χ1v) is 9.59. The second-order valence-corrected chi connectivity index (χ2v) is 7.31. The van der Waals surface area contributed by atoms with Crippen LogP contribution in [0, 0.1) is 5.92 Å². The van der Waals surface area contributed by atoms with Crippen LogP contribution in [-0.4, -0.2) is 22.6 Å². The highest BCUT2D eigenvalue weighted by atomic mass is 16.4. The van der Waals surface area contributed by atoms with E-state index in [0.29, 0.717) is 23.4 Å². The van der Waals surface area contributed by atoms with Gasteiger partial charge in [-0.05, 0) is 56.0 Å². The number of hydrogen-bond donors (Lipinski definition) is 0. The first-order chi connectivity index (χ1) is 13.2. The molecule has 5 heteroatoms. The van der Waals surface area contributed by atoms with E-state index in [0.717, 1.165) is 38.9 Å². The highest BCUT2D eigenvalue weighted by Crippen LogP contribution is 2.22. The van der Waals surface area contributed by atoms with Gasteiger partial charge in [0.05, 0.1) is 5.39 Å². The maximum atomic E-state index is 12.6. The predicted molar refractivity (Wildman–Crippen MR) is 106 cm³/mol. The molecule has 0 amide bonds. The third kappa shape index (κ3) is 4.03. The van der Waals surface area contributed by atoms with Crippen LogP contribution in [-0.2, 0) is 13.1 Å². The highest BCUT2D eigenvalue weighted by Gasteiger charge is 2.20. The number of aromatic nitrogens is 1. The molecule has 140 valence electrons. The van der Waals surface area contributed by atoms with Crippen LogP contribution < -0.4 is 11.3 Å². The number of hydrogen-bond acceptors (Lipinski definition) is 4. The van der Waals surface area contributed by atoms with Crippen LogP contribution >= 0.6 is 0 Å². The van der Waals surface area contributed by atoms with Crippen LogP contribution in [0.4, 0.5) is 0 Å². The summed E-state index contributed by atoms with van der Waals surface area (Å²) in [6.45, 7) is 3.53. The second kappa shape index (κ2) is 7.92. The molecule has 0 radical (unpaired) electrons. The van der Waals surface area contributed by atoms with E-state index < -0.39 is 5.76 Å². The Balaban J connectivity index is 1.36. The van der Waals surface area contributed by atoms with E-state index in [1.54, 1.807) is 24.3 Å². The van der Waals surface area contributed by atoms with Crippen molar-refractivity contribution in [3.8, 4) is 0 Å². The summed E-state index contributed by atoms with van der Waals surface area (Å²) < 4.78 is 6.54. The Kier molecular flexibility index (Phi) is 5.21. The van der Waals surface area contributed by atoms with Gasteiger partial charge in [-0.25, -0.2) is 9.36 Å². The molecule has 0 bridgehead atoms. The van der Waals surface area contributed by atoms with Crippen LogP contribution in [0.25, 0.3) is 11.0 Å². The van der Waals surface area contributed by atoms with Gasteiger partial charge < -0.3 is 4.42 Å². The van der Waals surface area contributed by atoms with Crippen LogP contribution in [0.1, 0.15) is 24.8 Å². The third-order valence-corrected chi connectivity index (χ3v) is 5.50. The van der Waals surface area contributed by atoms with E-state index in [1.165, 1.54) is 10.1 Å². The Morgan fingerprint density at radius 1 is 0.926 bits per heavy atom. The van der Waals surface area contributed by atoms with Crippen molar-refractivity contribution in [1.29, 1.82) is 0 Å². The zero-order valence-corrected chi connectivity index (χ0v) is 15.3. The van der Waals surface area contributed by atoms with E-state index in [9.17, 15) is 9.59 Å². The molecule has 0 N–H and O–H groups in total. The fraction of sp³-hybridized carbons (Fsp3) is 0.364. The van der Waals surface area contributed by atoms with Gasteiger partial charge in [-0.2, -0.15) is 0 Å². The summed E-state index contributed by atoms with van der Waals surface area (Å²) in [7, 11) is 0. The summed E-state index contributed by atoms with van der Waals surface area (Å²) in [5.74, 6) is -0.0185. The molecule has 1 aromatic heterocycles. The molecule has 0 saturated carbocycles. The Hall–Kier alpha value is -2.66. The van der Waals surface area contributed by atoms with Gasteiger partial charge in [-0.15, -0.1) is 0 Å². The molecule has 3 aromatic rings. The Morgan fingerprint density at radius 2 is 1.63 bits per heavy atom. The number of fused-ring (bicyclic) bond motifs is 1. The Bertz CT molecular complexity index is 1010. The van der Waals surface area contributed by atoms with Crippen molar-refractivity contribution in [2.24, 2.45) is 5.92 Å². The zero-order chi connectivity index (χ0) is 18.6. The molecule has 1 fully saturated rings. The van der Waals surface area contributed by atoms with Crippen molar-refractivity contribution < 1.29 is 4.42 Å². The lowest BCUT2D eigenvalue weighted by atomic mass is 9.93. The molecule has 0 unspecified atom stereocenters. The van der Waals surface area contributed by atoms with Gasteiger partial charge in [0.1, 0.15) is 5.58 Å². The van der Waals surface area contributed by atoms with Gasteiger partial charge >= 0.3 is 5.76 Å². The van der Waals surface area contributed by atoms with Crippen molar-refractivity contribution in [2.75, 3.05) is 13.1 Å². The lowest BCUT2D eigenvalue weighted by molar-refractivity contribution is 0.168. The molecule has 27 heavy (non-hydrogen) atoms. The Morgan fingerprint density at radius 3 is 2.41 bits per heavy atom. The lowest BCUT2D eigenvalue weighted by Gasteiger charge is -2.32. The second-order valence-electron chi connectivity index (χ2n) is 7.31. The molecule has 1 aliphatic heterocycles. The average Bonchev–Trinajstić information content (AvgIpc) is 2.70. The summed E-state index contributed by atoms with van der Waals surface area (Å²) in [4.78, 5) is 27.2. The van der Waals surface area contributed by atoms with E-state index in [4.69, 9.17) is 4.42 Å². The summed E-state index contributed by atoms with van der Waals surface area (Å²) in [6, 6.07) is 17.4. The molecule has 4 rings (SSSR count). The lowest BCUT2D eigenvalue weighted by Crippen LogP contribution is -2.36. The standard InChI is InChI=1S/C22H24N2O3/c25-21-19-8-4-5-9-20(19)27-22(26)24(21)15-12-17-10-13-23(14-11-17)16-18-6-2-1-3-7-18/h1-9,17H,10-16H2. The van der Waals surface area contributed by atoms with E-state index in [-0.39, 0.29) is 5.56 Å². The molecule has 0 atom stereocenters. The summed E-state index contributed by atoms with van der Waals surface area (Å²) >= 11 is 0. The number of rotatable bonds is 5. The van der Waals surface area contributed by atoms with Gasteiger partial charge in [-0.1, -0.05) is 42.5 Å². The largest absolute Gasteiger partial charge is 0.422 e. The number of likely N-dealkylation sites (tertiary alicyclic amines) is 1. The minimum Gasteiger partial charge on any atom is -0.409 e. The van der Waals surface area contributed by atoms with Crippen molar-refractivity contribution >= 4 is 11.0 Å². The monoisotopic (exact) mass is 364 g/mol. The van der Waals surface area contributed by atoms with Gasteiger partial charge in [0.15, 0.2) is 0 Å². The highest BCUT2D eigenvalue weighted by molar-refractivity contribution is 5.74. The number of piperidine rings is 1. The number of benzene rings is 2. The van der Waals surface area contributed by atoms with Gasteiger partial charge in [0.2, 0.25) is 0 Å². The quantitative estimate of drug-likeness (QED) is 0.697. The summed E-state index contributed by atoms with van der Waals surface area (Å²) in [5, 5.41) is 0.467. The van der Waals surface area contributed by atoms with Crippen LogP contribution in [0.5, 0.6) is 0 Å². The van der Waals surface area contributed by atoms with E-state index >= 15 is 0 Å². The third-order valence-electron chi connectivity index (χ3n) is 5.50. The molecular formula is C22H24N2O3. The Labute approximate surface area is 157 Å². The number of nitrogens with zero attached hydrogens (tertiary/aromatic N) is 2. The maximum absolute atomic E-state index is 12.6. The van der Waals surface area contributed by atoms with Crippen LogP contribution in [0.2, 0.25) is 0 Å². The molecule has 0 aliphatic carbocycles. The van der Waals surface area contributed by atoms with Gasteiger partial charge in [0.25, 0.3) is 5.56 Å². The molecule has 2 aromatic carbocycles. The molecule has 0 spiro atoms. The summed E-state index contributed by atoms with van der Waals surface area (Å²) in [5.41, 5.74) is 1.46. The van der Waals surface area contributed by atoms with Crippen LogP contribution in [0.15, 0.2) is 68.6 Å². The first kappa shape index (κ1) is 17.7. The smallest absolute Gasteiger partial charge is 0.409 e. The van der Waals surface area contributed by atoms with Crippen molar-refractivity contribution in [3.05, 3.63) is 81.1 Å². The molecule has 1 saturated heterocycles. The first-order valence-electron chi connectivity index (χ1n) is 9.59. The molecule has 2 heterocycles. The van der Waals surface area contributed by atoms with Gasteiger partial charge in [-0.3, -0.25) is 9.69 Å². The number of para-hydroxylation sites is 1. The average molecular weight is 364 g/mol. The fourth-order valence-electron chi connectivity index (χ4n) is 3.89. The maximum Gasteiger partial charge on any atom is 0.422 e. The van der Waals surface area contributed by atoms with Crippen molar-refractivity contribution in [2.45, 2.75) is 32.4 Å². The van der Waals surface area contributed by atoms with Crippen molar-refractivity contribution in [3.63, 3.8) is 0 Å². The van der Waals surface area contributed by atoms with Crippen LogP contribution in [0.3, 0.4) is 0 Å². The molecule has 5 nitrogen and oxygen atoms in total. The minimum absolute atomic E-state index is 0.247. The van der Waals surface area contributed by atoms with E-state index in [2.05, 4.69) is 29.2 Å². The summed E-state index contributed by atoms with van der Waals surface area (Å²) in [6.07, 6.45) is 3.03. The SMILES string of the molecule is O=c1oc2ccccc2c(=O)n1CCC1CCN(Cc2ccccc2)CC1. The fourth-order valence-corrected chi connectivity index (χ4v) is 3.89. The van der Waals surface area contributed by atoms with Crippen molar-refractivity contribution in [1.82, 2.24) is 9.47 Å². The zero-order valence-electron chi connectivity index (χ0n) is 15.3. The topological polar surface area (TPSA) is 55.5 Å². The molecule has 1 aliphatic rings. The minimum atomic E-state index is -0.555. The normalized spacial score (nSPS) is 16.0. The predicted octanol–water partition coefficient (Wildman–Crippen LogP) is 3.26. The van der Waals surface area contributed by atoms with Gasteiger partial charge in [0, 0.05) is 13.1 Å².